The van der Waals surface area contributed by atoms with Crippen molar-refractivity contribution in [1.82, 2.24) is 9.97 Å². The largest absolute Gasteiger partial charge is 0.383 e. The van der Waals surface area contributed by atoms with E-state index in [0.717, 1.165) is 14.8 Å². The Bertz CT molecular complexity index is 592. The van der Waals surface area contributed by atoms with Crippen LogP contribution in [0.15, 0.2) is 24.3 Å². The van der Waals surface area contributed by atoms with E-state index in [2.05, 4.69) is 32.6 Å². The van der Waals surface area contributed by atoms with Gasteiger partial charge in [-0.05, 0) is 40.3 Å². The van der Waals surface area contributed by atoms with Gasteiger partial charge in [0.25, 0.3) is 0 Å². The molecule has 0 fully saturated rings. The molecule has 2 aromatic rings. The molecule has 0 amide bonds. The predicted molar refractivity (Wildman–Crippen MR) is 84.1 cm³/mol. The summed E-state index contributed by atoms with van der Waals surface area (Å²) >= 11 is 8.09. The molecule has 0 aliphatic rings. The van der Waals surface area contributed by atoms with Crippen LogP contribution in [0.1, 0.15) is 17.1 Å². The van der Waals surface area contributed by atoms with Crippen LogP contribution in [0.3, 0.4) is 0 Å². The van der Waals surface area contributed by atoms with Crippen molar-refractivity contribution < 1.29 is 4.74 Å². The summed E-state index contributed by atoms with van der Waals surface area (Å²) < 4.78 is 5.96. The Morgan fingerprint density at radius 2 is 2.16 bits per heavy atom. The van der Waals surface area contributed by atoms with Crippen molar-refractivity contribution >= 4 is 40.0 Å². The summed E-state index contributed by atoms with van der Waals surface area (Å²) in [5.74, 6) is 1.16. The summed E-state index contributed by atoms with van der Waals surface area (Å²) in [4.78, 5) is 8.78. The third kappa shape index (κ3) is 3.77. The first-order chi connectivity index (χ1) is 9.10. The quantitative estimate of drug-likeness (QED) is 0.817. The van der Waals surface area contributed by atoms with Gasteiger partial charge in [-0.15, -0.1) is 0 Å². The summed E-state index contributed by atoms with van der Waals surface area (Å²) in [6.07, 6.45) is 0.596. The second-order valence-corrected chi connectivity index (χ2v) is 5.54. The van der Waals surface area contributed by atoms with Crippen LogP contribution in [0.5, 0.6) is 0 Å². The van der Waals surface area contributed by atoms with E-state index in [4.69, 9.17) is 22.1 Å². The Morgan fingerprint density at radius 3 is 2.84 bits per heavy atom. The van der Waals surface area contributed by atoms with Gasteiger partial charge >= 0.3 is 0 Å². The maximum absolute atomic E-state index is 5.96. The summed E-state index contributed by atoms with van der Waals surface area (Å²) in [5, 5.41) is 0.702. The van der Waals surface area contributed by atoms with Crippen LogP contribution in [-0.4, -0.2) is 17.1 Å². The predicted octanol–water partition coefficient (Wildman–Crippen LogP) is 3.05. The van der Waals surface area contributed by atoms with E-state index in [9.17, 15) is 0 Å². The molecule has 0 aliphatic carbocycles. The zero-order valence-corrected chi connectivity index (χ0v) is 13.3. The van der Waals surface area contributed by atoms with E-state index in [1.807, 2.05) is 24.3 Å². The number of anilines is 1. The molecule has 1 aromatic heterocycles. The van der Waals surface area contributed by atoms with Gasteiger partial charge in [0, 0.05) is 18.6 Å². The Balaban J connectivity index is 2.30. The molecular weight excluding hydrogens is 377 g/mol. The van der Waals surface area contributed by atoms with E-state index in [0.29, 0.717) is 29.7 Å². The van der Waals surface area contributed by atoms with Crippen LogP contribution in [0.25, 0.3) is 0 Å². The number of benzene rings is 1. The normalized spacial score (nSPS) is 10.7. The lowest BCUT2D eigenvalue weighted by atomic mass is 10.1. The second kappa shape index (κ2) is 6.49. The number of hydrogen-bond donors (Lipinski definition) is 1. The third-order valence-corrected chi connectivity index (χ3v) is 3.93. The summed E-state index contributed by atoms with van der Waals surface area (Å²) in [7, 11) is 1.63. The van der Waals surface area contributed by atoms with E-state index >= 15 is 0 Å². The zero-order chi connectivity index (χ0) is 13.8. The van der Waals surface area contributed by atoms with Crippen LogP contribution in [0.4, 0.5) is 5.82 Å². The lowest BCUT2D eigenvalue weighted by Crippen LogP contribution is -2.08. The molecule has 0 atom stereocenters. The summed E-state index contributed by atoms with van der Waals surface area (Å²) in [6, 6.07) is 7.63. The van der Waals surface area contributed by atoms with E-state index in [1.54, 1.807) is 7.11 Å². The third-order valence-electron chi connectivity index (χ3n) is 2.52. The minimum atomic E-state index is 0.424. The second-order valence-electron chi connectivity index (χ2n) is 4.03. The highest BCUT2D eigenvalue weighted by Crippen LogP contribution is 2.19. The number of nitrogens with zero attached hydrogens (tertiary/aromatic N) is 2. The van der Waals surface area contributed by atoms with Crippen molar-refractivity contribution in [3.8, 4) is 0 Å². The highest BCUT2D eigenvalue weighted by Gasteiger charge is 2.10. The van der Waals surface area contributed by atoms with Gasteiger partial charge in [-0.1, -0.05) is 23.7 Å². The Labute approximate surface area is 130 Å². The van der Waals surface area contributed by atoms with Gasteiger partial charge in [0.15, 0.2) is 0 Å². The first-order valence-electron chi connectivity index (χ1n) is 5.64. The molecule has 100 valence electrons. The fraction of sp³-hybridized carbons (Fsp3) is 0.231. The van der Waals surface area contributed by atoms with Crippen molar-refractivity contribution in [2.45, 2.75) is 13.0 Å². The van der Waals surface area contributed by atoms with Gasteiger partial charge in [-0.3, -0.25) is 0 Å². The van der Waals surface area contributed by atoms with Crippen molar-refractivity contribution in [3.63, 3.8) is 0 Å². The standard InChI is InChI=1S/C13H13ClIN3O/c1-19-7-10-12(15)13(16)18-11(17-10)6-8-3-2-4-9(14)5-8/h2-5H,6-7H2,1H3,(H2,16,17,18). The van der Waals surface area contributed by atoms with E-state index in [-0.39, 0.29) is 0 Å². The maximum Gasteiger partial charge on any atom is 0.141 e. The molecule has 2 N–H and O–H groups in total. The van der Waals surface area contributed by atoms with E-state index < -0.39 is 0 Å². The molecule has 6 heteroatoms. The smallest absolute Gasteiger partial charge is 0.141 e. The molecule has 19 heavy (non-hydrogen) atoms. The maximum atomic E-state index is 5.96. The molecule has 0 aliphatic heterocycles. The van der Waals surface area contributed by atoms with E-state index in [1.165, 1.54) is 0 Å². The van der Waals surface area contributed by atoms with Crippen LogP contribution < -0.4 is 5.73 Å². The Morgan fingerprint density at radius 1 is 1.37 bits per heavy atom. The molecule has 1 aromatic carbocycles. The van der Waals surface area contributed by atoms with Gasteiger partial charge in [0.2, 0.25) is 0 Å². The molecule has 0 bridgehead atoms. The van der Waals surface area contributed by atoms with Gasteiger partial charge in [-0.2, -0.15) is 0 Å². The van der Waals surface area contributed by atoms with Crippen molar-refractivity contribution in [1.29, 1.82) is 0 Å². The lowest BCUT2D eigenvalue weighted by molar-refractivity contribution is 0.180. The number of nitrogen functional groups attached to an aromatic ring is 1. The van der Waals surface area contributed by atoms with Crippen molar-refractivity contribution in [3.05, 3.63) is 49.9 Å². The number of nitrogens with two attached hydrogens (primary N) is 1. The van der Waals surface area contributed by atoms with Crippen LogP contribution in [0, 0.1) is 3.57 Å². The molecule has 0 saturated heterocycles. The number of hydrogen-bond acceptors (Lipinski definition) is 4. The molecule has 1 heterocycles. The molecular formula is C13H13ClIN3O. The zero-order valence-electron chi connectivity index (χ0n) is 10.4. The lowest BCUT2D eigenvalue weighted by Gasteiger charge is -2.08. The van der Waals surface area contributed by atoms with Crippen molar-refractivity contribution in [2.75, 3.05) is 12.8 Å². The van der Waals surface area contributed by atoms with Crippen LogP contribution >= 0.6 is 34.2 Å². The summed E-state index contributed by atoms with van der Waals surface area (Å²) in [5.41, 5.74) is 7.76. The van der Waals surface area contributed by atoms with Gasteiger partial charge in [0.1, 0.15) is 11.6 Å². The number of aromatic nitrogens is 2. The molecule has 0 saturated carbocycles. The topological polar surface area (TPSA) is 61.0 Å². The summed E-state index contributed by atoms with van der Waals surface area (Å²) in [6.45, 7) is 0.424. The van der Waals surface area contributed by atoms with Crippen LogP contribution in [-0.2, 0) is 17.8 Å². The Kier molecular flexibility index (Phi) is 4.95. The fourth-order valence-corrected chi connectivity index (χ4v) is 2.32. The Hall–Kier alpha value is -0.920. The van der Waals surface area contributed by atoms with Gasteiger partial charge in [-0.25, -0.2) is 9.97 Å². The number of halogens is 2. The number of methoxy groups -OCH3 is 1. The van der Waals surface area contributed by atoms with Crippen molar-refractivity contribution in [2.24, 2.45) is 0 Å². The highest BCUT2D eigenvalue weighted by molar-refractivity contribution is 14.1. The molecule has 0 unspecified atom stereocenters. The minimum absolute atomic E-state index is 0.424. The number of rotatable bonds is 4. The highest BCUT2D eigenvalue weighted by atomic mass is 127. The SMILES string of the molecule is COCc1nc(Cc2cccc(Cl)c2)nc(N)c1I. The average Bonchev–Trinajstić information content (AvgIpc) is 2.35. The van der Waals surface area contributed by atoms with Crippen LogP contribution in [0.2, 0.25) is 5.02 Å². The number of ether oxygens (including phenoxy) is 1. The first kappa shape index (κ1) is 14.5. The molecule has 0 spiro atoms. The first-order valence-corrected chi connectivity index (χ1v) is 7.10. The average molecular weight is 390 g/mol. The van der Waals surface area contributed by atoms with Gasteiger partial charge in [0.05, 0.1) is 15.9 Å². The molecule has 0 radical (unpaired) electrons. The molecule has 2 rings (SSSR count). The minimum Gasteiger partial charge on any atom is -0.383 e. The fourth-order valence-electron chi connectivity index (χ4n) is 1.71. The van der Waals surface area contributed by atoms with Gasteiger partial charge < -0.3 is 10.5 Å². The molecule has 4 nitrogen and oxygen atoms in total. The monoisotopic (exact) mass is 389 g/mol.